The van der Waals surface area contributed by atoms with E-state index in [1.165, 1.54) is 12.1 Å². The molecule has 19 heavy (non-hydrogen) atoms. The van der Waals surface area contributed by atoms with Crippen LogP contribution in [0.3, 0.4) is 0 Å². The Morgan fingerprint density at radius 2 is 2.00 bits per heavy atom. The van der Waals surface area contributed by atoms with Gasteiger partial charge in [0, 0.05) is 7.05 Å². The molecular weight excluding hydrogens is 271 g/mol. The van der Waals surface area contributed by atoms with Crippen LogP contribution in [0.15, 0.2) is 18.2 Å². The molecule has 6 nitrogen and oxygen atoms in total. The number of anilines is 3. The van der Waals surface area contributed by atoms with Gasteiger partial charge in [-0.25, -0.2) is 4.39 Å². The second-order valence-electron chi connectivity index (χ2n) is 3.43. The number of hydrogen-bond acceptors (Lipinski definition) is 6. The van der Waals surface area contributed by atoms with E-state index < -0.39 is 5.82 Å². The Hall–Kier alpha value is -2.46. The Kier molecular flexibility index (Phi) is 3.73. The molecule has 1 aromatic heterocycles. The zero-order valence-electron chi connectivity index (χ0n) is 9.78. The lowest BCUT2D eigenvalue weighted by Gasteiger charge is -2.07. The predicted molar refractivity (Wildman–Crippen MR) is 68.8 cm³/mol. The van der Waals surface area contributed by atoms with Crippen LogP contribution in [0, 0.1) is 17.1 Å². The molecule has 1 aromatic carbocycles. The summed E-state index contributed by atoms with van der Waals surface area (Å²) in [7, 11) is 1.63. The molecule has 0 atom stereocenters. The fourth-order valence-corrected chi connectivity index (χ4v) is 1.52. The minimum absolute atomic E-state index is 0.00229. The molecule has 0 unspecified atom stereocenters. The molecule has 2 N–H and O–H groups in total. The van der Waals surface area contributed by atoms with Gasteiger partial charge < -0.3 is 10.6 Å². The van der Waals surface area contributed by atoms with Crippen LogP contribution in [0.4, 0.5) is 22.0 Å². The van der Waals surface area contributed by atoms with Crippen LogP contribution in [0.5, 0.6) is 0 Å². The first-order valence-electron chi connectivity index (χ1n) is 5.18. The van der Waals surface area contributed by atoms with E-state index in [-0.39, 0.29) is 22.7 Å². The smallest absolute Gasteiger partial charge is 0.233 e. The molecule has 0 aliphatic heterocycles. The fraction of sp³-hybridized carbons (Fsp3) is 0.0909. The van der Waals surface area contributed by atoms with Crippen molar-refractivity contribution in [1.29, 1.82) is 5.26 Å². The van der Waals surface area contributed by atoms with Gasteiger partial charge >= 0.3 is 0 Å². The molecule has 0 bridgehead atoms. The molecular formula is C11H8ClFN6. The van der Waals surface area contributed by atoms with Gasteiger partial charge in [0.05, 0.1) is 11.3 Å². The maximum absolute atomic E-state index is 13.0. The molecule has 2 aromatic rings. The highest BCUT2D eigenvalue weighted by Crippen LogP contribution is 2.20. The zero-order chi connectivity index (χ0) is 13.8. The van der Waals surface area contributed by atoms with Crippen molar-refractivity contribution in [3.63, 3.8) is 0 Å². The minimum Gasteiger partial charge on any atom is -0.357 e. The molecule has 0 aliphatic rings. The molecule has 8 heteroatoms. The van der Waals surface area contributed by atoms with Gasteiger partial charge in [-0.05, 0) is 29.8 Å². The maximum atomic E-state index is 13.0. The largest absolute Gasteiger partial charge is 0.357 e. The maximum Gasteiger partial charge on any atom is 0.233 e. The van der Waals surface area contributed by atoms with Crippen LogP contribution < -0.4 is 10.6 Å². The lowest BCUT2D eigenvalue weighted by atomic mass is 10.2. The third-order valence-corrected chi connectivity index (χ3v) is 2.35. The Morgan fingerprint density at radius 1 is 1.26 bits per heavy atom. The van der Waals surface area contributed by atoms with Gasteiger partial charge in [0.15, 0.2) is 0 Å². The summed E-state index contributed by atoms with van der Waals surface area (Å²) in [5.74, 6) is -0.0535. The highest BCUT2D eigenvalue weighted by atomic mass is 35.5. The van der Waals surface area contributed by atoms with Crippen molar-refractivity contribution in [2.75, 3.05) is 17.7 Å². The first-order chi connectivity index (χ1) is 9.12. The molecule has 96 valence electrons. The average molecular weight is 279 g/mol. The van der Waals surface area contributed by atoms with E-state index >= 15 is 0 Å². The van der Waals surface area contributed by atoms with Gasteiger partial charge in [-0.2, -0.15) is 20.2 Å². The number of aromatic nitrogens is 3. The van der Waals surface area contributed by atoms with E-state index in [2.05, 4.69) is 25.6 Å². The second-order valence-corrected chi connectivity index (χ2v) is 3.77. The van der Waals surface area contributed by atoms with E-state index in [1.54, 1.807) is 7.05 Å². The normalized spacial score (nSPS) is 9.79. The first-order valence-corrected chi connectivity index (χ1v) is 5.56. The van der Waals surface area contributed by atoms with Crippen molar-refractivity contribution in [3.05, 3.63) is 34.9 Å². The van der Waals surface area contributed by atoms with Crippen molar-refractivity contribution in [1.82, 2.24) is 15.0 Å². The van der Waals surface area contributed by atoms with Gasteiger partial charge in [-0.1, -0.05) is 0 Å². The Labute approximate surface area is 113 Å². The van der Waals surface area contributed by atoms with E-state index in [1.807, 2.05) is 6.07 Å². The molecule has 0 fully saturated rings. The van der Waals surface area contributed by atoms with E-state index in [9.17, 15) is 4.39 Å². The SMILES string of the molecule is CNc1nc(Cl)nc(Nc2ccc(F)cc2C#N)n1. The van der Waals surface area contributed by atoms with Crippen molar-refractivity contribution in [3.8, 4) is 6.07 Å². The standard InChI is InChI=1S/C11H8ClFN6/c1-15-10-17-9(12)18-11(19-10)16-8-3-2-7(13)4-6(8)5-14/h2-4H,1H3,(H2,15,16,17,18,19). The molecule has 0 saturated heterocycles. The van der Waals surface area contributed by atoms with Gasteiger partial charge in [0.25, 0.3) is 0 Å². The Balaban J connectivity index is 2.36. The summed E-state index contributed by atoms with van der Waals surface area (Å²) in [6.07, 6.45) is 0. The summed E-state index contributed by atoms with van der Waals surface area (Å²) in [5, 5.41) is 14.4. The summed E-state index contributed by atoms with van der Waals surface area (Å²) >= 11 is 5.73. The summed E-state index contributed by atoms with van der Waals surface area (Å²) < 4.78 is 13.0. The Bertz CT molecular complexity index is 654. The minimum atomic E-state index is -0.494. The highest BCUT2D eigenvalue weighted by molar-refractivity contribution is 6.28. The van der Waals surface area contributed by atoms with Gasteiger partial charge in [-0.3, -0.25) is 0 Å². The van der Waals surface area contributed by atoms with Crippen LogP contribution in [-0.4, -0.2) is 22.0 Å². The molecule has 1 heterocycles. The van der Waals surface area contributed by atoms with Crippen LogP contribution in [-0.2, 0) is 0 Å². The summed E-state index contributed by atoms with van der Waals surface area (Å²) in [6.45, 7) is 0. The van der Waals surface area contributed by atoms with Gasteiger partial charge in [0.2, 0.25) is 17.2 Å². The number of nitrogens with zero attached hydrogens (tertiary/aromatic N) is 4. The topological polar surface area (TPSA) is 86.5 Å². The molecule has 0 aliphatic carbocycles. The third kappa shape index (κ3) is 3.05. The lowest BCUT2D eigenvalue weighted by molar-refractivity contribution is 0.627. The number of nitrogens with one attached hydrogen (secondary N) is 2. The third-order valence-electron chi connectivity index (χ3n) is 2.18. The van der Waals surface area contributed by atoms with E-state index in [4.69, 9.17) is 16.9 Å². The lowest BCUT2D eigenvalue weighted by Crippen LogP contribution is -2.04. The van der Waals surface area contributed by atoms with Crippen LogP contribution in [0.1, 0.15) is 5.56 Å². The van der Waals surface area contributed by atoms with Crippen molar-refractivity contribution >= 4 is 29.2 Å². The van der Waals surface area contributed by atoms with Crippen LogP contribution in [0.2, 0.25) is 5.28 Å². The number of benzene rings is 1. The van der Waals surface area contributed by atoms with Crippen LogP contribution in [0.25, 0.3) is 0 Å². The van der Waals surface area contributed by atoms with Gasteiger partial charge in [0.1, 0.15) is 11.9 Å². The Morgan fingerprint density at radius 3 is 2.68 bits per heavy atom. The number of rotatable bonds is 3. The van der Waals surface area contributed by atoms with Crippen molar-refractivity contribution < 1.29 is 4.39 Å². The van der Waals surface area contributed by atoms with Crippen molar-refractivity contribution in [2.45, 2.75) is 0 Å². The number of halogens is 2. The highest BCUT2D eigenvalue weighted by Gasteiger charge is 2.08. The summed E-state index contributed by atoms with van der Waals surface area (Å²) in [4.78, 5) is 11.7. The monoisotopic (exact) mass is 278 g/mol. The molecule has 0 radical (unpaired) electrons. The molecule has 0 amide bonds. The van der Waals surface area contributed by atoms with E-state index in [0.717, 1.165) is 6.07 Å². The summed E-state index contributed by atoms with van der Waals surface area (Å²) in [5.41, 5.74) is 0.524. The quantitative estimate of drug-likeness (QED) is 0.896. The number of hydrogen-bond donors (Lipinski definition) is 2. The summed E-state index contributed by atoms with van der Waals surface area (Å²) in [6, 6.07) is 5.64. The molecule has 0 spiro atoms. The zero-order valence-corrected chi connectivity index (χ0v) is 10.5. The molecule has 0 saturated carbocycles. The fourth-order valence-electron chi connectivity index (χ4n) is 1.36. The number of nitriles is 1. The molecule has 2 rings (SSSR count). The average Bonchev–Trinajstić information content (AvgIpc) is 2.40. The van der Waals surface area contributed by atoms with E-state index in [0.29, 0.717) is 5.69 Å². The first kappa shape index (κ1) is 13.0. The predicted octanol–water partition coefficient (Wildman–Crippen LogP) is 2.32. The van der Waals surface area contributed by atoms with Gasteiger partial charge in [-0.15, -0.1) is 0 Å². The van der Waals surface area contributed by atoms with Crippen LogP contribution >= 0.6 is 11.6 Å². The second kappa shape index (κ2) is 5.46. The van der Waals surface area contributed by atoms with Crippen molar-refractivity contribution in [2.24, 2.45) is 0 Å².